The van der Waals surface area contributed by atoms with E-state index in [0.717, 1.165) is 5.56 Å². The molecule has 1 aromatic carbocycles. The Morgan fingerprint density at radius 3 is 2.70 bits per heavy atom. The fourth-order valence-corrected chi connectivity index (χ4v) is 1.88. The quantitative estimate of drug-likeness (QED) is 0.823. The smallest absolute Gasteiger partial charge is 0.354 e. The molecule has 0 unspecified atom stereocenters. The molecule has 0 atom stereocenters. The number of carbonyl (C=O) groups is 1. The Labute approximate surface area is 117 Å². The van der Waals surface area contributed by atoms with Gasteiger partial charge in [0.15, 0.2) is 0 Å². The van der Waals surface area contributed by atoms with Crippen molar-refractivity contribution < 1.29 is 19.4 Å². The largest absolute Gasteiger partial charge is 0.508 e. The lowest BCUT2D eigenvalue weighted by molar-refractivity contribution is 0.0520. The molecule has 0 radical (unpaired) electrons. The zero-order valence-electron chi connectivity index (χ0n) is 11.5. The Morgan fingerprint density at radius 1 is 1.20 bits per heavy atom. The molecule has 0 bridgehead atoms. The van der Waals surface area contributed by atoms with Gasteiger partial charge < -0.3 is 19.6 Å². The molecule has 2 N–H and O–H groups in total. The maximum Gasteiger partial charge on any atom is 0.354 e. The van der Waals surface area contributed by atoms with Gasteiger partial charge in [0.25, 0.3) is 0 Å². The van der Waals surface area contributed by atoms with Crippen molar-refractivity contribution in [2.45, 2.75) is 13.8 Å². The number of hydrogen-bond acceptors (Lipinski definition) is 4. The molecule has 0 spiro atoms. The SMILES string of the molecule is CCOC(=O)c1ccc(-c2cc(O)cc(OCC)c2)[nH]1. The number of carbonyl (C=O) groups excluding carboxylic acids is 1. The van der Waals surface area contributed by atoms with Crippen molar-refractivity contribution in [3.05, 3.63) is 36.0 Å². The van der Waals surface area contributed by atoms with Gasteiger partial charge in [0.05, 0.1) is 13.2 Å². The highest BCUT2D eigenvalue weighted by Crippen LogP contribution is 2.28. The van der Waals surface area contributed by atoms with E-state index in [2.05, 4.69) is 4.98 Å². The van der Waals surface area contributed by atoms with Crippen LogP contribution in [0.15, 0.2) is 30.3 Å². The van der Waals surface area contributed by atoms with Gasteiger partial charge in [0, 0.05) is 17.3 Å². The van der Waals surface area contributed by atoms with Crippen LogP contribution in [0.3, 0.4) is 0 Å². The summed E-state index contributed by atoms with van der Waals surface area (Å²) in [4.78, 5) is 14.6. The van der Waals surface area contributed by atoms with Crippen LogP contribution in [0, 0.1) is 0 Å². The average molecular weight is 275 g/mol. The summed E-state index contributed by atoms with van der Waals surface area (Å²) in [5.74, 6) is 0.289. The van der Waals surface area contributed by atoms with Crippen LogP contribution in [0.4, 0.5) is 0 Å². The molecule has 0 amide bonds. The number of aromatic hydroxyl groups is 1. The molecule has 2 aromatic rings. The molecule has 106 valence electrons. The second kappa shape index (κ2) is 6.14. The summed E-state index contributed by atoms with van der Waals surface area (Å²) in [6.07, 6.45) is 0. The number of aromatic nitrogens is 1. The Kier molecular flexibility index (Phi) is 4.30. The first-order valence-electron chi connectivity index (χ1n) is 6.47. The summed E-state index contributed by atoms with van der Waals surface area (Å²) in [7, 11) is 0. The summed E-state index contributed by atoms with van der Waals surface area (Å²) in [6.45, 7) is 4.47. The molecule has 0 saturated carbocycles. The third kappa shape index (κ3) is 3.12. The van der Waals surface area contributed by atoms with Gasteiger partial charge in [-0.05, 0) is 38.1 Å². The lowest BCUT2D eigenvalue weighted by atomic mass is 10.1. The highest BCUT2D eigenvalue weighted by molar-refractivity contribution is 5.88. The minimum absolute atomic E-state index is 0.109. The van der Waals surface area contributed by atoms with E-state index in [0.29, 0.717) is 30.4 Å². The van der Waals surface area contributed by atoms with Crippen molar-refractivity contribution in [1.29, 1.82) is 0 Å². The third-order valence-electron chi connectivity index (χ3n) is 2.69. The van der Waals surface area contributed by atoms with Crippen molar-refractivity contribution in [1.82, 2.24) is 4.98 Å². The number of esters is 1. The van der Waals surface area contributed by atoms with Crippen molar-refractivity contribution in [3.8, 4) is 22.8 Å². The van der Waals surface area contributed by atoms with Crippen LogP contribution < -0.4 is 4.74 Å². The Bertz CT molecular complexity index is 604. The summed E-state index contributed by atoms with van der Waals surface area (Å²) >= 11 is 0. The van der Waals surface area contributed by atoms with Crippen molar-refractivity contribution in [2.24, 2.45) is 0 Å². The molecule has 1 aromatic heterocycles. The number of nitrogens with one attached hydrogen (secondary N) is 1. The van der Waals surface area contributed by atoms with Crippen LogP contribution in [-0.4, -0.2) is 29.3 Å². The van der Waals surface area contributed by atoms with Crippen LogP contribution in [-0.2, 0) is 4.74 Å². The number of phenolic OH excluding ortho intramolecular Hbond substituents is 1. The lowest BCUT2D eigenvalue weighted by Gasteiger charge is -2.06. The van der Waals surface area contributed by atoms with Gasteiger partial charge in [-0.25, -0.2) is 4.79 Å². The van der Waals surface area contributed by atoms with E-state index >= 15 is 0 Å². The molecule has 0 aliphatic carbocycles. The number of phenols is 1. The predicted molar refractivity (Wildman–Crippen MR) is 75.0 cm³/mol. The van der Waals surface area contributed by atoms with E-state index in [1.54, 1.807) is 37.3 Å². The Morgan fingerprint density at radius 2 is 2.00 bits per heavy atom. The molecular weight excluding hydrogens is 258 g/mol. The van der Waals surface area contributed by atoms with E-state index in [4.69, 9.17) is 9.47 Å². The maximum atomic E-state index is 11.6. The predicted octanol–water partition coefficient (Wildman–Crippen LogP) is 2.96. The molecule has 1 heterocycles. The van der Waals surface area contributed by atoms with Crippen molar-refractivity contribution >= 4 is 5.97 Å². The first-order valence-corrected chi connectivity index (χ1v) is 6.47. The fourth-order valence-electron chi connectivity index (χ4n) is 1.88. The zero-order chi connectivity index (χ0) is 14.5. The van der Waals surface area contributed by atoms with Gasteiger partial charge >= 0.3 is 5.97 Å². The first kappa shape index (κ1) is 14.0. The molecule has 0 aliphatic heterocycles. The molecule has 20 heavy (non-hydrogen) atoms. The number of benzene rings is 1. The summed E-state index contributed by atoms with van der Waals surface area (Å²) in [6, 6.07) is 8.35. The van der Waals surface area contributed by atoms with E-state index in [1.165, 1.54) is 0 Å². The second-order valence-electron chi connectivity index (χ2n) is 4.15. The van der Waals surface area contributed by atoms with Gasteiger partial charge in [-0.2, -0.15) is 0 Å². The molecule has 0 saturated heterocycles. The van der Waals surface area contributed by atoms with Crippen molar-refractivity contribution in [3.63, 3.8) is 0 Å². The molecular formula is C15H17NO4. The van der Waals surface area contributed by atoms with E-state index in [-0.39, 0.29) is 5.75 Å². The summed E-state index contributed by atoms with van der Waals surface area (Å²) in [5, 5.41) is 9.70. The van der Waals surface area contributed by atoms with E-state index < -0.39 is 5.97 Å². The van der Waals surface area contributed by atoms with Crippen LogP contribution in [0.1, 0.15) is 24.3 Å². The minimum atomic E-state index is -0.399. The van der Waals surface area contributed by atoms with Gasteiger partial charge in [-0.3, -0.25) is 0 Å². The second-order valence-corrected chi connectivity index (χ2v) is 4.15. The van der Waals surface area contributed by atoms with Gasteiger partial charge in [0.1, 0.15) is 17.2 Å². The average Bonchev–Trinajstić information content (AvgIpc) is 2.88. The van der Waals surface area contributed by atoms with Gasteiger partial charge in [-0.1, -0.05) is 0 Å². The minimum Gasteiger partial charge on any atom is -0.508 e. The highest BCUT2D eigenvalue weighted by atomic mass is 16.5. The van der Waals surface area contributed by atoms with E-state index in [9.17, 15) is 9.90 Å². The monoisotopic (exact) mass is 275 g/mol. The summed E-state index contributed by atoms with van der Waals surface area (Å²) in [5.41, 5.74) is 1.83. The standard InChI is InChI=1S/C15H17NO4/c1-3-19-12-8-10(7-11(17)9-12)13-5-6-14(16-13)15(18)20-4-2/h5-9,16-17H,3-4H2,1-2H3. The normalized spacial score (nSPS) is 10.3. The first-order chi connectivity index (χ1) is 9.63. The zero-order valence-corrected chi connectivity index (χ0v) is 11.5. The molecule has 5 heteroatoms. The van der Waals surface area contributed by atoms with Crippen LogP contribution in [0.5, 0.6) is 11.5 Å². The van der Waals surface area contributed by atoms with Gasteiger partial charge in [0.2, 0.25) is 0 Å². The third-order valence-corrected chi connectivity index (χ3v) is 2.69. The van der Waals surface area contributed by atoms with Crippen molar-refractivity contribution in [2.75, 3.05) is 13.2 Å². The summed E-state index contributed by atoms with van der Waals surface area (Å²) < 4.78 is 10.3. The molecule has 5 nitrogen and oxygen atoms in total. The van der Waals surface area contributed by atoms with Crippen LogP contribution in [0.25, 0.3) is 11.3 Å². The van der Waals surface area contributed by atoms with E-state index in [1.807, 2.05) is 6.92 Å². The number of ether oxygens (including phenoxy) is 2. The molecule has 0 aliphatic rings. The van der Waals surface area contributed by atoms with Gasteiger partial charge in [-0.15, -0.1) is 0 Å². The number of H-pyrrole nitrogens is 1. The molecule has 2 rings (SSSR count). The van der Waals surface area contributed by atoms with Crippen LogP contribution >= 0.6 is 0 Å². The fraction of sp³-hybridized carbons (Fsp3) is 0.267. The number of hydrogen-bond donors (Lipinski definition) is 2. The number of aromatic amines is 1. The maximum absolute atomic E-state index is 11.6. The topological polar surface area (TPSA) is 71.6 Å². The Hall–Kier alpha value is -2.43. The van der Waals surface area contributed by atoms with Crippen LogP contribution in [0.2, 0.25) is 0 Å². The Balaban J connectivity index is 2.29. The lowest BCUT2D eigenvalue weighted by Crippen LogP contribution is -2.04. The molecule has 0 fully saturated rings. The number of rotatable bonds is 5. The highest BCUT2D eigenvalue weighted by Gasteiger charge is 2.11.